The Bertz CT molecular complexity index is 294. The van der Waals surface area contributed by atoms with Crippen molar-refractivity contribution in [2.45, 2.75) is 25.0 Å². The van der Waals surface area contributed by atoms with Gasteiger partial charge in [0, 0.05) is 25.0 Å². The van der Waals surface area contributed by atoms with E-state index in [0.29, 0.717) is 12.1 Å². The monoisotopic (exact) mass is 193 g/mol. The molecule has 0 spiro atoms. The molecule has 4 heteroatoms. The molecule has 0 amide bonds. The van der Waals surface area contributed by atoms with Gasteiger partial charge in [-0.1, -0.05) is 0 Å². The van der Waals surface area contributed by atoms with E-state index in [0.717, 1.165) is 19.8 Å². The van der Waals surface area contributed by atoms with E-state index in [4.69, 9.17) is 4.74 Å². The van der Waals surface area contributed by atoms with Gasteiger partial charge in [-0.3, -0.25) is 9.58 Å². The highest BCUT2D eigenvalue weighted by Crippen LogP contribution is 2.25. The number of ether oxygens (including phenoxy) is 1. The fraction of sp³-hybridized carbons (Fsp3) is 0.700. The van der Waals surface area contributed by atoms with E-state index in [1.54, 1.807) is 0 Å². The van der Waals surface area contributed by atoms with Crippen LogP contribution in [-0.2, 0) is 11.3 Å². The van der Waals surface area contributed by atoms with E-state index in [9.17, 15) is 0 Å². The lowest BCUT2D eigenvalue weighted by Gasteiger charge is -2.49. The van der Waals surface area contributed by atoms with Gasteiger partial charge in [-0.05, 0) is 12.5 Å². The second-order valence-corrected chi connectivity index (χ2v) is 4.10. The van der Waals surface area contributed by atoms with Crippen LogP contribution in [0, 0.1) is 0 Å². The van der Waals surface area contributed by atoms with Gasteiger partial charge in [0.15, 0.2) is 0 Å². The number of hydrogen-bond donors (Lipinski definition) is 0. The first-order valence-corrected chi connectivity index (χ1v) is 5.24. The first-order chi connectivity index (χ1) is 6.93. The van der Waals surface area contributed by atoms with Crippen molar-refractivity contribution in [1.82, 2.24) is 14.7 Å². The van der Waals surface area contributed by atoms with Gasteiger partial charge in [0.05, 0.1) is 25.8 Å². The Morgan fingerprint density at radius 2 is 2.36 bits per heavy atom. The lowest BCUT2D eigenvalue weighted by molar-refractivity contribution is -0.112. The number of likely N-dealkylation sites (tertiary alicyclic amines) is 1. The highest BCUT2D eigenvalue weighted by Gasteiger charge is 2.37. The van der Waals surface area contributed by atoms with E-state index in [2.05, 4.69) is 10.00 Å². The largest absolute Gasteiger partial charge is 0.378 e. The first kappa shape index (κ1) is 8.44. The Labute approximate surface area is 83.5 Å². The summed E-state index contributed by atoms with van der Waals surface area (Å²) >= 11 is 0. The van der Waals surface area contributed by atoms with Gasteiger partial charge in [-0.15, -0.1) is 0 Å². The quantitative estimate of drug-likeness (QED) is 0.694. The molecule has 0 unspecified atom stereocenters. The summed E-state index contributed by atoms with van der Waals surface area (Å²) in [6.07, 6.45) is 5.18. The Morgan fingerprint density at radius 1 is 1.43 bits per heavy atom. The van der Waals surface area contributed by atoms with Crippen LogP contribution in [0.15, 0.2) is 18.5 Å². The predicted molar refractivity (Wildman–Crippen MR) is 51.9 cm³/mol. The Morgan fingerprint density at radius 3 is 2.86 bits per heavy atom. The molecule has 0 aliphatic carbocycles. The summed E-state index contributed by atoms with van der Waals surface area (Å²) in [5, 5.41) is 4.23. The van der Waals surface area contributed by atoms with Gasteiger partial charge in [-0.25, -0.2) is 0 Å². The van der Waals surface area contributed by atoms with Crippen molar-refractivity contribution in [3.05, 3.63) is 18.5 Å². The summed E-state index contributed by atoms with van der Waals surface area (Å²) in [5.41, 5.74) is 0. The third-order valence-electron chi connectivity index (χ3n) is 3.24. The van der Waals surface area contributed by atoms with Gasteiger partial charge < -0.3 is 4.74 Å². The van der Waals surface area contributed by atoms with Crippen molar-refractivity contribution < 1.29 is 4.74 Å². The number of nitrogens with zero attached hydrogens (tertiary/aromatic N) is 3. The van der Waals surface area contributed by atoms with Crippen LogP contribution in [0.25, 0.3) is 0 Å². The van der Waals surface area contributed by atoms with Crippen LogP contribution >= 0.6 is 0 Å². The molecule has 0 radical (unpaired) electrons. The SMILES string of the molecule is c1cnn(C[C@@H]2CCN2C2COC2)c1. The zero-order valence-electron chi connectivity index (χ0n) is 8.17. The van der Waals surface area contributed by atoms with Gasteiger partial charge in [0.2, 0.25) is 0 Å². The van der Waals surface area contributed by atoms with E-state index in [1.807, 2.05) is 23.1 Å². The minimum atomic E-state index is 0.684. The second kappa shape index (κ2) is 3.37. The highest BCUT2D eigenvalue weighted by molar-refractivity contribution is 4.91. The van der Waals surface area contributed by atoms with Crippen LogP contribution in [0.2, 0.25) is 0 Å². The Balaban J connectivity index is 1.58. The van der Waals surface area contributed by atoms with Crippen molar-refractivity contribution in [3.63, 3.8) is 0 Å². The zero-order valence-corrected chi connectivity index (χ0v) is 8.17. The van der Waals surface area contributed by atoms with Crippen LogP contribution in [-0.4, -0.2) is 46.5 Å². The maximum absolute atomic E-state index is 5.21. The van der Waals surface area contributed by atoms with Gasteiger partial charge in [0.25, 0.3) is 0 Å². The summed E-state index contributed by atoms with van der Waals surface area (Å²) in [6, 6.07) is 3.35. The zero-order chi connectivity index (χ0) is 9.38. The molecule has 4 nitrogen and oxygen atoms in total. The molecule has 0 N–H and O–H groups in total. The molecule has 14 heavy (non-hydrogen) atoms. The van der Waals surface area contributed by atoms with Crippen LogP contribution in [0.1, 0.15) is 6.42 Å². The van der Waals surface area contributed by atoms with Gasteiger partial charge in [-0.2, -0.15) is 5.10 Å². The summed E-state index contributed by atoms with van der Waals surface area (Å²) in [4.78, 5) is 2.55. The molecule has 2 aliphatic rings. The lowest BCUT2D eigenvalue weighted by Crippen LogP contribution is -2.61. The van der Waals surface area contributed by atoms with Crippen LogP contribution in [0.4, 0.5) is 0 Å². The molecule has 0 aromatic carbocycles. The maximum atomic E-state index is 5.21. The Kier molecular flexibility index (Phi) is 2.03. The normalized spacial score (nSPS) is 28.4. The molecule has 0 saturated carbocycles. The molecule has 0 bridgehead atoms. The van der Waals surface area contributed by atoms with E-state index in [-0.39, 0.29) is 0 Å². The second-order valence-electron chi connectivity index (χ2n) is 4.10. The van der Waals surface area contributed by atoms with Crippen molar-refractivity contribution in [2.24, 2.45) is 0 Å². The summed E-state index contributed by atoms with van der Waals surface area (Å²) < 4.78 is 7.24. The van der Waals surface area contributed by atoms with Crippen molar-refractivity contribution >= 4 is 0 Å². The smallest absolute Gasteiger partial charge is 0.0645 e. The van der Waals surface area contributed by atoms with Crippen molar-refractivity contribution in [1.29, 1.82) is 0 Å². The van der Waals surface area contributed by atoms with Gasteiger partial charge in [0.1, 0.15) is 0 Å². The predicted octanol–water partition coefficient (Wildman–Crippen LogP) is 0.356. The summed E-state index contributed by atoms with van der Waals surface area (Å²) in [7, 11) is 0. The molecule has 1 aromatic rings. The van der Waals surface area contributed by atoms with Crippen molar-refractivity contribution in [3.8, 4) is 0 Å². The summed E-state index contributed by atoms with van der Waals surface area (Å²) in [6.45, 7) is 4.12. The minimum absolute atomic E-state index is 0.684. The molecular weight excluding hydrogens is 178 g/mol. The topological polar surface area (TPSA) is 30.3 Å². The van der Waals surface area contributed by atoms with E-state index >= 15 is 0 Å². The molecule has 2 fully saturated rings. The molecule has 3 rings (SSSR count). The molecular formula is C10H15N3O. The summed E-state index contributed by atoms with van der Waals surface area (Å²) in [5.74, 6) is 0. The standard InChI is InChI=1S/C10H15N3O/c1-3-11-12(4-1)6-9-2-5-13(9)10-7-14-8-10/h1,3-4,9-10H,2,5-8H2/t9-/m0/s1. The highest BCUT2D eigenvalue weighted by atomic mass is 16.5. The molecule has 1 atom stereocenters. The average molecular weight is 193 g/mol. The molecule has 2 aliphatic heterocycles. The maximum Gasteiger partial charge on any atom is 0.0645 e. The molecule has 76 valence electrons. The minimum Gasteiger partial charge on any atom is -0.378 e. The van der Waals surface area contributed by atoms with Crippen molar-refractivity contribution in [2.75, 3.05) is 19.8 Å². The molecule has 2 saturated heterocycles. The molecule has 3 heterocycles. The Hall–Kier alpha value is -0.870. The van der Waals surface area contributed by atoms with Gasteiger partial charge >= 0.3 is 0 Å². The third-order valence-corrected chi connectivity index (χ3v) is 3.24. The molecule has 1 aromatic heterocycles. The van der Waals surface area contributed by atoms with Crippen LogP contribution < -0.4 is 0 Å². The fourth-order valence-corrected chi connectivity index (χ4v) is 2.18. The van der Waals surface area contributed by atoms with E-state index < -0.39 is 0 Å². The third kappa shape index (κ3) is 1.35. The number of aromatic nitrogens is 2. The van der Waals surface area contributed by atoms with E-state index in [1.165, 1.54) is 13.0 Å². The van der Waals surface area contributed by atoms with Crippen LogP contribution in [0.3, 0.4) is 0 Å². The first-order valence-electron chi connectivity index (χ1n) is 5.24. The number of hydrogen-bond acceptors (Lipinski definition) is 3. The fourth-order valence-electron chi connectivity index (χ4n) is 2.18. The van der Waals surface area contributed by atoms with Crippen LogP contribution in [0.5, 0.6) is 0 Å². The number of rotatable bonds is 3. The average Bonchev–Trinajstić information content (AvgIpc) is 2.57. The lowest BCUT2D eigenvalue weighted by atomic mass is 9.99.